The quantitative estimate of drug-likeness (QED) is 0.181. The Kier molecular flexibility index (Phi) is 13.0. The molecule has 2 N–H and O–H groups in total. The number of rotatable bonds is 13. The third-order valence-electron chi connectivity index (χ3n) is 6.64. The van der Waals surface area contributed by atoms with Gasteiger partial charge in [-0.3, -0.25) is 9.59 Å². The number of anilines is 1. The van der Waals surface area contributed by atoms with Gasteiger partial charge in [0.25, 0.3) is 5.91 Å². The zero-order valence-electron chi connectivity index (χ0n) is 25.2. The minimum atomic E-state index is -0.963. The van der Waals surface area contributed by atoms with E-state index in [4.69, 9.17) is 4.74 Å². The van der Waals surface area contributed by atoms with Gasteiger partial charge in [-0.2, -0.15) is 12.6 Å². The van der Waals surface area contributed by atoms with Gasteiger partial charge in [-0.1, -0.05) is 80.6 Å². The van der Waals surface area contributed by atoms with Crippen LogP contribution in [0.15, 0.2) is 42.5 Å². The second-order valence-electron chi connectivity index (χ2n) is 11.4. The van der Waals surface area contributed by atoms with E-state index in [0.717, 1.165) is 54.5 Å². The van der Waals surface area contributed by atoms with Gasteiger partial charge in [-0.05, 0) is 64.7 Å². The van der Waals surface area contributed by atoms with Crippen molar-refractivity contribution < 1.29 is 19.1 Å². The first-order chi connectivity index (χ1) is 18.9. The van der Waals surface area contributed by atoms with E-state index in [9.17, 15) is 14.4 Å². The fraction of sp³-hybridized carbons (Fsp3) is 0.531. The molecule has 2 rings (SSSR count). The van der Waals surface area contributed by atoms with Crippen molar-refractivity contribution >= 4 is 36.2 Å². The van der Waals surface area contributed by atoms with Crippen LogP contribution in [0.25, 0.3) is 0 Å². The molecule has 220 valence electrons. The highest BCUT2D eigenvalue weighted by Gasteiger charge is 2.36. The standard InChI is InChI=1S/C32H47N3O4S/c1-8-9-10-11-12-20-35(30(37)26(21-40)33-31(38)39-32(5,6)7)28(25-18-16-22(2)17-19-25)29(36)34-27-23(3)14-13-15-24(27)4/h13-19,26,28,40H,8-12,20-21H2,1-7H3,(H,33,38)(H,34,36). The lowest BCUT2D eigenvalue weighted by Crippen LogP contribution is -2.53. The number of hydrogen-bond donors (Lipinski definition) is 3. The van der Waals surface area contributed by atoms with Gasteiger partial charge in [0.05, 0.1) is 0 Å². The summed E-state index contributed by atoms with van der Waals surface area (Å²) < 4.78 is 5.40. The SMILES string of the molecule is CCCCCCCN(C(=O)C(CS)NC(=O)OC(C)(C)C)C(C(=O)Nc1c(C)cccc1C)c1ccc(C)cc1. The van der Waals surface area contributed by atoms with Crippen molar-refractivity contribution in [2.75, 3.05) is 17.6 Å². The second-order valence-corrected chi connectivity index (χ2v) is 11.8. The van der Waals surface area contributed by atoms with E-state index in [1.807, 2.05) is 63.2 Å². The predicted molar refractivity (Wildman–Crippen MR) is 166 cm³/mol. The summed E-state index contributed by atoms with van der Waals surface area (Å²) in [6.07, 6.45) is 4.23. The van der Waals surface area contributed by atoms with Crippen molar-refractivity contribution in [3.05, 3.63) is 64.7 Å². The van der Waals surface area contributed by atoms with Gasteiger partial charge in [0.2, 0.25) is 5.91 Å². The minimum Gasteiger partial charge on any atom is -0.444 e. The maximum absolute atomic E-state index is 14.1. The van der Waals surface area contributed by atoms with E-state index >= 15 is 0 Å². The molecule has 2 aromatic rings. The number of alkyl carbamates (subject to hydrolysis) is 1. The van der Waals surface area contributed by atoms with Crippen molar-refractivity contribution in [2.24, 2.45) is 0 Å². The molecule has 0 bridgehead atoms. The Morgan fingerprint density at radius 3 is 2.08 bits per heavy atom. The average molecular weight is 570 g/mol. The molecule has 40 heavy (non-hydrogen) atoms. The number of para-hydroxylation sites is 1. The number of nitrogens with one attached hydrogen (secondary N) is 2. The molecule has 8 heteroatoms. The van der Waals surface area contributed by atoms with Crippen LogP contribution in [0.2, 0.25) is 0 Å². The fourth-order valence-corrected chi connectivity index (χ4v) is 4.76. The van der Waals surface area contributed by atoms with Gasteiger partial charge in [0, 0.05) is 18.0 Å². The number of aryl methyl sites for hydroxylation is 3. The zero-order chi connectivity index (χ0) is 29.9. The minimum absolute atomic E-state index is 0.0591. The molecule has 0 spiro atoms. The molecule has 0 aromatic heterocycles. The van der Waals surface area contributed by atoms with E-state index in [-0.39, 0.29) is 17.6 Å². The lowest BCUT2D eigenvalue weighted by atomic mass is 10.00. The second kappa shape index (κ2) is 15.7. The molecule has 0 saturated carbocycles. The van der Waals surface area contributed by atoms with Gasteiger partial charge in [-0.25, -0.2) is 4.79 Å². The lowest BCUT2D eigenvalue weighted by molar-refractivity contribution is -0.140. The van der Waals surface area contributed by atoms with Crippen LogP contribution < -0.4 is 10.6 Å². The van der Waals surface area contributed by atoms with Crippen LogP contribution in [-0.2, 0) is 14.3 Å². The topological polar surface area (TPSA) is 87.7 Å². The number of carbonyl (C=O) groups is 3. The van der Waals surface area contributed by atoms with Crippen molar-refractivity contribution in [1.29, 1.82) is 0 Å². The van der Waals surface area contributed by atoms with Crippen molar-refractivity contribution in [3.63, 3.8) is 0 Å². The zero-order valence-corrected chi connectivity index (χ0v) is 26.1. The van der Waals surface area contributed by atoms with Crippen LogP contribution in [-0.4, -0.2) is 46.7 Å². The van der Waals surface area contributed by atoms with Gasteiger partial charge in [0.15, 0.2) is 0 Å². The highest BCUT2D eigenvalue weighted by molar-refractivity contribution is 7.80. The van der Waals surface area contributed by atoms with Crippen LogP contribution in [0.5, 0.6) is 0 Å². The summed E-state index contributed by atoms with van der Waals surface area (Å²) in [6.45, 7) is 13.7. The first kappa shape index (κ1) is 33.2. The summed E-state index contributed by atoms with van der Waals surface area (Å²) in [4.78, 5) is 42.4. The number of hydrogen-bond acceptors (Lipinski definition) is 5. The largest absolute Gasteiger partial charge is 0.444 e. The molecule has 0 heterocycles. The number of ether oxygens (including phenoxy) is 1. The molecule has 0 saturated heterocycles. The van der Waals surface area contributed by atoms with Crippen molar-refractivity contribution in [3.8, 4) is 0 Å². The van der Waals surface area contributed by atoms with Gasteiger partial charge in [-0.15, -0.1) is 0 Å². The number of carbonyl (C=O) groups excluding carboxylic acids is 3. The summed E-state index contributed by atoms with van der Waals surface area (Å²) in [5.41, 5.74) is 3.64. The molecule has 2 unspecified atom stereocenters. The van der Waals surface area contributed by atoms with E-state index in [1.165, 1.54) is 0 Å². The maximum Gasteiger partial charge on any atom is 0.408 e. The van der Waals surface area contributed by atoms with E-state index < -0.39 is 23.8 Å². The molecule has 2 atom stereocenters. The normalized spacial score (nSPS) is 12.8. The first-order valence-corrected chi connectivity index (χ1v) is 14.9. The van der Waals surface area contributed by atoms with Crippen LogP contribution in [0.1, 0.15) is 88.1 Å². The lowest BCUT2D eigenvalue weighted by Gasteiger charge is -2.34. The van der Waals surface area contributed by atoms with E-state index in [1.54, 1.807) is 25.7 Å². The molecule has 0 fully saturated rings. The van der Waals surface area contributed by atoms with Crippen LogP contribution in [0, 0.1) is 20.8 Å². The maximum atomic E-state index is 14.1. The third kappa shape index (κ3) is 10.2. The number of amides is 3. The molecule has 2 aromatic carbocycles. The van der Waals surface area contributed by atoms with Gasteiger partial charge in [0.1, 0.15) is 17.7 Å². The van der Waals surface area contributed by atoms with Crippen molar-refractivity contribution in [2.45, 2.75) is 98.3 Å². The summed E-state index contributed by atoms with van der Waals surface area (Å²) in [7, 11) is 0. The molecule has 0 aliphatic rings. The summed E-state index contributed by atoms with van der Waals surface area (Å²) in [5, 5.41) is 5.78. The van der Waals surface area contributed by atoms with Crippen LogP contribution in [0.3, 0.4) is 0 Å². The van der Waals surface area contributed by atoms with Crippen molar-refractivity contribution in [1.82, 2.24) is 10.2 Å². The summed E-state index contributed by atoms with van der Waals surface area (Å²) in [5.74, 6) is -0.624. The fourth-order valence-electron chi connectivity index (χ4n) is 4.51. The highest BCUT2D eigenvalue weighted by Crippen LogP contribution is 2.28. The predicted octanol–water partition coefficient (Wildman–Crippen LogP) is 6.91. The molecular formula is C32H47N3O4S. The number of thiol groups is 1. The van der Waals surface area contributed by atoms with Gasteiger partial charge < -0.3 is 20.3 Å². The highest BCUT2D eigenvalue weighted by atomic mass is 32.1. The van der Waals surface area contributed by atoms with E-state index in [2.05, 4.69) is 30.2 Å². The van der Waals surface area contributed by atoms with Crippen LogP contribution >= 0.6 is 12.6 Å². The average Bonchev–Trinajstić information content (AvgIpc) is 2.88. The number of unbranched alkanes of at least 4 members (excludes halogenated alkanes) is 4. The summed E-state index contributed by atoms with van der Waals surface area (Å²) >= 11 is 4.38. The Bertz CT molecular complexity index is 1110. The molecule has 0 aliphatic carbocycles. The van der Waals surface area contributed by atoms with E-state index in [0.29, 0.717) is 12.1 Å². The molecule has 0 aliphatic heterocycles. The molecule has 3 amide bonds. The molecular weight excluding hydrogens is 522 g/mol. The first-order valence-electron chi connectivity index (χ1n) is 14.2. The Labute approximate surface area is 245 Å². The Morgan fingerprint density at radius 2 is 1.52 bits per heavy atom. The summed E-state index contributed by atoms with van der Waals surface area (Å²) in [6, 6.07) is 11.6. The molecule has 0 radical (unpaired) electrons. The Hall–Kier alpha value is -3.00. The number of nitrogens with zero attached hydrogens (tertiary/aromatic N) is 1. The monoisotopic (exact) mass is 569 g/mol. The Morgan fingerprint density at radius 1 is 0.925 bits per heavy atom. The Balaban J connectivity index is 2.49. The van der Waals surface area contributed by atoms with Gasteiger partial charge >= 0.3 is 6.09 Å². The molecule has 7 nitrogen and oxygen atoms in total. The van der Waals surface area contributed by atoms with Crippen LogP contribution in [0.4, 0.5) is 10.5 Å². The number of benzene rings is 2. The third-order valence-corrected chi connectivity index (χ3v) is 7.00. The smallest absolute Gasteiger partial charge is 0.408 e.